The average Bonchev–Trinajstić information content (AvgIpc) is 2.10. The molecule has 88 valence electrons. The number of methoxy groups -OCH3 is 1. The maximum Gasteiger partial charge on any atom is 0.407 e. The van der Waals surface area contributed by atoms with Crippen molar-refractivity contribution in [2.75, 3.05) is 13.7 Å². The van der Waals surface area contributed by atoms with Crippen LogP contribution in [0.3, 0.4) is 0 Å². The predicted octanol–water partition coefficient (Wildman–Crippen LogP) is 0.982. The molecule has 0 bridgehead atoms. The van der Waals surface area contributed by atoms with Gasteiger partial charge in [0.2, 0.25) is 0 Å². The number of ether oxygens (including phenoxy) is 2. The van der Waals surface area contributed by atoms with E-state index in [0.29, 0.717) is 0 Å². The highest BCUT2D eigenvalue weighted by molar-refractivity contribution is 7.81. The number of thiol groups is 1. The second-order valence-electron chi connectivity index (χ2n) is 3.92. The van der Waals surface area contributed by atoms with E-state index in [0.717, 1.165) is 0 Å². The van der Waals surface area contributed by atoms with Crippen LogP contribution >= 0.6 is 12.6 Å². The van der Waals surface area contributed by atoms with E-state index in [1.165, 1.54) is 7.11 Å². The van der Waals surface area contributed by atoms with E-state index >= 15 is 0 Å². The van der Waals surface area contributed by atoms with E-state index in [9.17, 15) is 9.59 Å². The Morgan fingerprint density at radius 2 is 1.93 bits per heavy atom. The predicted molar refractivity (Wildman–Crippen MR) is 59.0 cm³/mol. The lowest BCUT2D eigenvalue weighted by Crippen LogP contribution is -2.38. The van der Waals surface area contributed by atoms with Crippen molar-refractivity contribution < 1.29 is 19.1 Å². The summed E-state index contributed by atoms with van der Waals surface area (Å²) in [5.74, 6) is -0.491. The van der Waals surface area contributed by atoms with Crippen molar-refractivity contribution in [3.05, 3.63) is 0 Å². The van der Waals surface area contributed by atoms with Gasteiger partial charge in [0.15, 0.2) is 0 Å². The van der Waals surface area contributed by atoms with Crippen LogP contribution < -0.4 is 5.32 Å². The quantitative estimate of drug-likeness (QED) is 0.565. The Labute approximate surface area is 94.9 Å². The molecule has 6 heteroatoms. The topological polar surface area (TPSA) is 64.6 Å². The monoisotopic (exact) mass is 235 g/mol. The molecule has 1 amide bonds. The van der Waals surface area contributed by atoms with Gasteiger partial charge in [0, 0.05) is 6.54 Å². The first-order chi connectivity index (χ1) is 6.76. The molecule has 0 saturated carbocycles. The molecule has 0 aromatic rings. The number of alkyl carbamates (subject to hydrolysis) is 1. The van der Waals surface area contributed by atoms with Gasteiger partial charge in [0.25, 0.3) is 0 Å². The molecule has 5 nitrogen and oxygen atoms in total. The zero-order valence-corrected chi connectivity index (χ0v) is 10.3. The number of rotatable bonds is 3. The summed E-state index contributed by atoms with van der Waals surface area (Å²) in [6, 6.07) is 0. The summed E-state index contributed by atoms with van der Waals surface area (Å²) < 4.78 is 9.40. The van der Waals surface area contributed by atoms with Crippen molar-refractivity contribution in [2.45, 2.75) is 31.6 Å². The Bertz CT molecular complexity index is 237. The molecular formula is C9H17NO4S. The van der Waals surface area contributed by atoms with Gasteiger partial charge < -0.3 is 14.8 Å². The summed E-state index contributed by atoms with van der Waals surface area (Å²) in [7, 11) is 1.26. The number of carbonyl (C=O) groups is 2. The number of nitrogens with one attached hydrogen (secondary N) is 1. The second kappa shape index (κ2) is 5.85. The highest BCUT2D eigenvalue weighted by Gasteiger charge is 2.19. The summed E-state index contributed by atoms with van der Waals surface area (Å²) in [4.78, 5) is 22.1. The van der Waals surface area contributed by atoms with E-state index in [4.69, 9.17) is 4.74 Å². The van der Waals surface area contributed by atoms with E-state index in [1.807, 2.05) is 0 Å². The number of esters is 1. The lowest BCUT2D eigenvalue weighted by molar-refractivity contribution is -0.139. The summed E-state index contributed by atoms with van der Waals surface area (Å²) >= 11 is 3.95. The van der Waals surface area contributed by atoms with E-state index in [2.05, 4.69) is 22.7 Å². The number of hydrogen-bond donors (Lipinski definition) is 2. The van der Waals surface area contributed by atoms with Crippen molar-refractivity contribution in [3.63, 3.8) is 0 Å². The Kier molecular flexibility index (Phi) is 5.49. The minimum absolute atomic E-state index is 0.0741. The van der Waals surface area contributed by atoms with E-state index in [-0.39, 0.29) is 6.54 Å². The van der Waals surface area contributed by atoms with Crippen LogP contribution in [0.15, 0.2) is 0 Å². The third-order valence-corrected chi connectivity index (χ3v) is 1.71. The van der Waals surface area contributed by atoms with Crippen LogP contribution in [0.1, 0.15) is 20.8 Å². The minimum Gasteiger partial charge on any atom is -0.468 e. The Hall–Kier alpha value is -0.910. The van der Waals surface area contributed by atoms with Crippen molar-refractivity contribution >= 4 is 24.7 Å². The smallest absolute Gasteiger partial charge is 0.407 e. The van der Waals surface area contributed by atoms with Gasteiger partial charge in [-0.3, -0.25) is 4.79 Å². The molecule has 0 spiro atoms. The zero-order valence-electron chi connectivity index (χ0n) is 9.36. The summed E-state index contributed by atoms with van der Waals surface area (Å²) in [6.45, 7) is 5.34. The third kappa shape index (κ3) is 7.07. The van der Waals surface area contributed by atoms with Gasteiger partial charge in [-0.25, -0.2) is 4.79 Å². The third-order valence-electron chi connectivity index (χ3n) is 1.31. The minimum atomic E-state index is -0.678. The van der Waals surface area contributed by atoms with Crippen LogP contribution in [-0.4, -0.2) is 36.6 Å². The zero-order chi connectivity index (χ0) is 12.1. The summed E-state index contributed by atoms with van der Waals surface area (Å²) in [5.41, 5.74) is -0.554. The maximum atomic E-state index is 11.2. The van der Waals surface area contributed by atoms with Crippen LogP contribution in [0.5, 0.6) is 0 Å². The molecule has 1 atom stereocenters. The highest BCUT2D eigenvalue weighted by Crippen LogP contribution is 2.06. The van der Waals surface area contributed by atoms with E-state index in [1.54, 1.807) is 20.8 Å². The molecule has 0 aromatic heterocycles. The molecule has 0 heterocycles. The molecule has 0 radical (unpaired) electrons. The fraction of sp³-hybridized carbons (Fsp3) is 0.778. The van der Waals surface area contributed by atoms with Crippen LogP contribution in [0.4, 0.5) is 4.79 Å². The standard InChI is InChI=1S/C9H17NO4S/c1-9(2,3)14-8(12)10-5-6(15)7(11)13-4/h6,15H,5H2,1-4H3,(H,10,12). The van der Waals surface area contributed by atoms with Gasteiger partial charge in [0.1, 0.15) is 10.9 Å². The molecular weight excluding hydrogens is 218 g/mol. The van der Waals surface area contributed by atoms with Crippen LogP contribution in [0.25, 0.3) is 0 Å². The maximum absolute atomic E-state index is 11.2. The number of amides is 1. The van der Waals surface area contributed by atoms with Crippen LogP contribution in [0, 0.1) is 0 Å². The fourth-order valence-corrected chi connectivity index (χ4v) is 0.910. The van der Waals surface area contributed by atoms with Gasteiger partial charge >= 0.3 is 12.1 Å². The van der Waals surface area contributed by atoms with Gasteiger partial charge in [-0.1, -0.05) is 0 Å². The van der Waals surface area contributed by atoms with Crippen LogP contribution in [0.2, 0.25) is 0 Å². The van der Waals surface area contributed by atoms with Gasteiger partial charge in [-0.05, 0) is 20.8 Å². The lowest BCUT2D eigenvalue weighted by Gasteiger charge is -2.20. The first kappa shape index (κ1) is 14.1. The van der Waals surface area contributed by atoms with Crippen molar-refractivity contribution in [1.29, 1.82) is 0 Å². The molecule has 0 aliphatic carbocycles. The van der Waals surface area contributed by atoms with Crippen LogP contribution in [-0.2, 0) is 14.3 Å². The Morgan fingerprint density at radius 3 is 2.33 bits per heavy atom. The molecule has 0 aromatic carbocycles. The second-order valence-corrected chi connectivity index (χ2v) is 4.55. The molecule has 0 fully saturated rings. The SMILES string of the molecule is COC(=O)C(S)CNC(=O)OC(C)(C)C. The fourth-order valence-electron chi connectivity index (χ4n) is 0.714. The first-order valence-corrected chi connectivity index (χ1v) is 5.00. The molecule has 0 rings (SSSR count). The van der Waals surface area contributed by atoms with Crippen molar-refractivity contribution in [2.24, 2.45) is 0 Å². The summed E-state index contributed by atoms with van der Waals surface area (Å²) in [6.07, 6.45) is -0.578. The Balaban J connectivity index is 3.86. The van der Waals surface area contributed by atoms with Crippen molar-refractivity contribution in [3.8, 4) is 0 Å². The largest absolute Gasteiger partial charge is 0.468 e. The summed E-state index contributed by atoms with van der Waals surface area (Å²) in [5, 5.41) is 1.74. The first-order valence-electron chi connectivity index (χ1n) is 4.49. The lowest BCUT2D eigenvalue weighted by atomic mass is 10.2. The highest BCUT2D eigenvalue weighted by atomic mass is 32.1. The molecule has 0 aliphatic heterocycles. The average molecular weight is 235 g/mol. The molecule has 0 saturated heterocycles. The van der Waals surface area contributed by atoms with Crippen molar-refractivity contribution in [1.82, 2.24) is 5.32 Å². The number of carbonyl (C=O) groups excluding carboxylic acids is 2. The van der Waals surface area contributed by atoms with Gasteiger partial charge in [-0.2, -0.15) is 12.6 Å². The number of hydrogen-bond acceptors (Lipinski definition) is 5. The Morgan fingerprint density at radius 1 is 1.40 bits per heavy atom. The molecule has 1 N–H and O–H groups in total. The van der Waals surface area contributed by atoms with Gasteiger partial charge in [-0.15, -0.1) is 0 Å². The molecule has 1 unspecified atom stereocenters. The van der Waals surface area contributed by atoms with Gasteiger partial charge in [0.05, 0.1) is 7.11 Å². The molecule has 0 aliphatic rings. The normalized spacial score (nSPS) is 12.9. The molecule has 15 heavy (non-hydrogen) atoms. The van der Waals surface area contributed by atoms with E-state index < -0.39 is 22.9 Å².